The normalized spacial score (nSPS) is 18.0. The Morgan fingerprint density at radius 2 is 2.29 bits per heavy atom. The van der Waals surface area contributed by atoms with Crippen LogP contribution in [-0.4, -0.2) is 44.8 Å². The highest BCUT2D eigenvalue weighted by Crippen LogP contribution is 2.18. The maximum atomic E-state index is 9.49. The molecular formula is C15H26N6. The van der Waals surface area contributed by atoms with Crippen LogP contribution in [0.25, 0.3) is 0 Å². The first-order chi connectivity index (χ1) is 10.2. The lowest BCUT2D eigenvalue weighted by Crippen LogP contribution is -2.44. The first kappa shape index (κ1) is 15.9. The highest BCUT2D eigenvalue weighted by Gasteiger charge is 2.27. The van der Waals surface area contributed by atoms with Crippen LogP contribution in [0, 0.1) is 11.3 Å². The average Bonchev–Trinajstić information content (AvgIpc) is 2.98. The van der Waals surface area contributed by atoms with Crippen molar-refractivity contribution in [2.75, 3.05) is 19.6 Å². The summed E-state index contributed by atoms with van der Waals surface area (Å²) < 4.78 is 2.12. The highest BCUT2D eigenvalue weighted by atomic mass is 15.3. The van der Waals surface area contributed by atoms with Gasteiger partial charge in [-0.1, -0.05) is 13.8 Å². The quantitative estimate of drug-likeness (QED) is 0.786. The van der Waals surface area contributed by atoms with Gasteiger partial charge in [-0.2, -0.15) is 5.26 Å². The van der Waals surface area contributed by atoms with E-state index in [1.807, 2.05) is 0 Å². The molecule has 21 heavy (non-hydrogen) atoms. The number of hydrogen-bond acceptors (Lipinski definition) is 5. The van der Waals surface area contributed by atoms with Gasteiger partial charge in [-0.3, -0.25) is 10.2 Å². The molecule has 1 aromatic heterocycles. The summed E-state index contributed by atoms with van der Waals surface area (Å²) in [7, 11) is 0. The molecule has 1 N–H and O–H groups in total. The number of fused-ring (bicyclic) bond motifs is 1. The molecule has 0 radical (unpaired) electrons. The molecule has 0 saturated heterocycles. The van der Waals surface area contributed by atoms with Crippen molar-refractivity contribution in [2.24, 2.45) is 0 Å². The zero-order valence-corrected chi connectivity index (χ0v) is 13.2. The minimum absolute atomic E-state index is 0.355. The SMILES string of the molecule is CCCNC(C#N)(CC)CCCN1CCn2cnnc2C1. The number of rotatable bonds is 8. The molecule has 6 nitrogen and oxygen atoms in total. The maximum Gasteiger partial charge on any atom is 0.147 e. The monoisotopic (exact) mass is 290 g/mol. The Bertz CT molecular complexity index is 477. The summed E-state index contributed by atoms with van der Waals surface area (Å²) in [5.41, 5.74) is -0.355. The maximum absolute atomic E-state index is 9.49. The Hall–Kier alpha value is -1.45. The van der Waals surface area contributed by atoms with Crippen molar-refractivity contribution in [1.29, 1.82) is 5.26 Å². The average molecular weight is 290 g/mol. The van der Waals surface area contributed by atoms with Crippen molar-refractivity contribution >= 4 is 0 Å². The molecule has 2 rings (SSSR count). The van der Waals surface area contributed by atoms with E-state index >= 15 is 0 Å². The number of nitrogens with zero attached hydrogens (tertiary/aromatic N) is 5. The third kappa shape index (κ3) is 4.02. The number of nitrogens with one attached hydrogen (secondary N) is 1. The van der Waals surface area contributed by atoms with Crippen LogP contribution in [0.2, 0.25) is 0 Å². The van der Waals surface area contributed by atoms with Gasteiger partial charge in [0.15, 0.2) is 0 Å². The molecule has 1 aliphatic rings. The third-order valence-electron chi connectivity index (χ3n) is 4.33. The van der Waals surface area contributed by atoms with Crippen LogP contribution in [0.4, 0.5) is 0 Å². The summed E-state index contributed by atoms with van der Waals surface area (Å²) in [4.78, 5) is 2.40. The second-order valence-corrected chi connectivity index (χ2v) is 5.79. The van der Waals surface area contributed by atoms with E-state index in [1.54, 1.807) is 6.33 Å². The summed E-state index contributed by atoms with van der Waals surface area (Å²) in [5.74, 6) is 1.05. The second kappa shape index (κ2) is 7.53. The first-order valence-corrected chi connectivity index (χ1v) is 7.98. The molecule has 0 aromatic carbocycles. The summed E-state index contributed by atoms with van der Waals surface area (Å²) in [6.45, 7) is 9.03. The van der Waals surface area contributed by atoms with E-state index in [-0.39, 0.29) is 5.54 Å². The summed E-state index contributed by atoms with van der Waals surface area (Å²) >= 11 is 0. The standard InChI is InChI=1S/C15H26N6/c1-3-7-17-15(4-2,12-16)6-5-8-20-9-10-21-13-18-19-14(21)11-20/h13,17H,3-11H2,1-2H3. The van der Waals surface area contributed by atoms with Crippen molar-refractivity contribution in [3.05, 3.63) is 12.2 Å². The van der Waals surface area contributed by atoms with Crippen LogP contribution in [0.3, 0.4) is 0 Å². The van der Waals surface area contributed by atoms with Crippen molar-refractivity contribution < 1.29 is 0 Å². The first-order valence-electron chi connectivity index (χ1n) is 7.98. The van der Waals surface area contributed by atoms with Gasteiger partial charge in [-0.05, 0) is 38.8 Å². The minimum atomic E-state index is -0.355. The van der Waals surface area contributed by atoms with E-state index in [0.29, 0.717) is 0 Å². The Morgan fingerprint density at radius 3 is 3.00 bits per heavy atom. The third-order valence-corrected chi connectivity index (χ3v) is 4.33. The van der Waals surface area contributed by atoms with Crippen molar-refractivity contribution in [3.63, 3.8) is 0 Å². The van der Waals surface area contributed by atoms with E-state index in [2.05, 4.69) is 44.9 Å². The molecule has 0 bridgehead atoms. The van der Waals surface area contributed by atoms with E-state index in [1.165, 1.54) is 0 Å². The largest absolute Gasteiger partial charge is 0.315 e. The Balaban J connectivity index is 1.79. The molecular weight excluding hydrogens is 264 g/mol. The smallest absolute Gasteiger partial charge is 0.147 e. The number of hydrogen-bond donors (Lipinski definition) is 1. The van der Waals surface area contributed by atoms with E-state index in [4.69, 9.17) is 0 Å². The topological polar surface area (TPSA) is 69.8 Å². The Labute approximate surface area is 127 Å². The molecule has 1 aliphatic heterocycles. The molecule has 6 heteroatoms. The molecule has 116 valence electrons. The van der Waals surface area contributed by atoms with E-state index in [9.17, 15) is 5.26 Å². The van der Waals surface area contributed by atoms with Gasteiger partial charge in [-0.15, -0.1) is 10.2 Å². The molecule has 0 amide bonds. The molecule has 1 atom stereocenters. The van der Waals surface area contributed by atoms with Gasteiger partial charge in [0.1, 0.15) is 17.7 Å². The fraction of sp³-hybridized carbons (Fsp3) is 0.800. The summed E-state index contributed by atoms with van der Waals surface area (Å²) in [6.07, 6.45) is 5.66. The zero-order valence-electron chi connectivity index (χ0n) is 13.2. The molecule has 0 aliphatic carbocycles. The molecule has 1 unspecified atom stereocenters. The second-order valence-electron chi connectivity index (χ2n) is 5.79. The molecule has 0 fully saturated rings. The van der Waals surface area contributed by atoms with Crippen LogP contribution < -0.4 is 5.32 Å². The minimum Gasteiger partial charge on any atom is -0.315 e. The van der Waals surface area contributed by atoms with Crippen molar-refractivity contribution in [3.8, 4) is 6.07 Å². The van der Waals surface area contributed by atoms with Gasteiger partial charge in [-0.25, -0.2) is 0 Å². The van der Waals surface area contributed by atoms with Crippen LogP contribution in [-0.2, 0) is 13.1 Å². The molecule has 2 heterocycles. The van der Waals surface area contributed by atoms with Crippen molar-refractivity contribution in [2.45, 2.75) is 58.2 Å². The summed E-state index contributed by atoms with van der Waals surface area (Å²) in [5, 5.41) is 21.0. The van der Waals surface area contributed by atoms with Gasteiger partial charge in [0.25, 0.3) is 0 Å². The fourth-order valence-electron chi connectivity index (χ4n) is 2.84. The van der Waals surface area contributed by atoms with Gasteiger partial charge in [0.2, 0.25) is 0 Å². The van der Waals surface area contributed by atoms with Crippen LogP contribution in [0.1, 0.15) is 45.4 Å². The lowest BCUT2D eigenvalue weighted by molar-refractivity contribution is 0.205. The van der Waals surface area contributed by atoms with Crippen molar-refractivity contribution in [1.82, 2.24) is 25.0 Å². The lowest BCUT2D eigenvalue weighted by Gasteiger charge is -2.30. The predicted octanol–water partition coefficient (Wildman–Crippen LogP) is 1.55. The van der Waals surface area contributed by atoms with Gasteiger partial charge >= 0.3 is 0 Å². The van der Waals surface area contributed by atoms with Crippen LogP contribution in [0.15, 0.2) is 6.33 Å². The number of nitriles is 1. The fourth-order valence-corrected chi connectivity index (χ4v) is 2.84. The Kier molecular flexibility index (Phi) is 5.71. The molecule has 0 saturated carbocycles. The van der Waals surface area contributed by atoms with E-state index < -0.39 is 0 Å². The van der Waals surface area contributed by atoms with Gasteiger partial charge in [0.05, 0.1) is 12.6 Å². The number of aromatic nitrogens is 3. The highest BCUT2D eigenvalue weighted by molar-refractivity contribution is 5.06. The van der Waals surface area contributed by atoms with E-state index in [0.717, 1.165) is 64.2 Å². The predicted molar refractivity (Wildman–Crippen MR) is 81.5 cm³/mol. The molecule has 0 spiro atoms. The zero-order chi connectivity index (χ0) is 15.1. The lowest BCUT2D eigenvalue weighted by atomic mass is 9.91. The van der Waals surface area contributed by atoms with Crippen LogP contribution >= 0.6 is 0 Å². The Morgan fingerprint density at radius 1 is 1.43 bits per heavy atom. The van der Waals surface area contributed by atoms with Gasteiger partial charge in [0, 0.05) is 13.1 Å². The van der Waals surface area contributed by atoms with Crippen LogP contribution in [0.5, 0.6) is 0 Å². The molecule has 1 aromatic rings. The van der Waals surface area contributed by atoms with Gasteiger partial charge < -0.3 is 4.57 Å². The summed E-state index contributed by atoms with van der Waals surface area (Å²) in [6, 6.07) is 2.49.